The van der Waals surface area contributed by atoms with Crippen LogP contribution in [-0.4, -0.2) is 72.9 Å². The highest BCUT2D eigenvalue weighted by atomic mass is 16.2. The number of carbonyl (C=O) groups is 2. The van der Waals surface area contributed by atoms with Crippen LogP contribution in [0.5, 0.6) is 0 Å². The number of hydrogen-bond acceptors (Lipinski definition) is 5. The van der Waals surface area contributed by atoms with Crippen LogP contribution in [0.1, 0.15) is 24.0 Å². The minimum absolute atomic E-state index is 0.00453. The zero-order chi connectivity index (χ0) is 23.0. The van der Waals surface area contributed by atoms with E-state index < -0.39 is 0 Å². The second-order valence-corrected chi connectivity index (χ2v) is 8.84. The van der Waals surface area contributed by atoms with Gasteiger partial charge in [0.2, 0.25) is 11.8 Å². The van der Waals surface area contributed by atoms with Crippen molar-refractivity contribution < 1.29 is 9.59 Å². The van der Waals surface area contributed by atoms with Crippen molar-refractivity contribution in [3.8, 4) is 0 Å². The third-order valence-corrected chi connectivity index (χ3v) is 6.52. The predicted molar refractivity (Wildman–Crippen MR) is 131 cm³/mol. The molecular formula is C26H33N5O2. The number of benzene rings is 1. The summed E-state index contributed by atoms with van der Waals surface area (Å²) in [4.78, 5) is 36.3. The summed E-state index contributed by atoms with van der Waals surface area (Å²) in [5.41, 5.74) is 2.06. The molecule has 0 spiro atoms. The van der Waals surface area contributed by atoms with Gasteiger partial charge in [-0.25, -0.2) is 4.98 Å². The number of piperidine rings is 1. The number of likely N-dealkylation sites (tertiary alicyclic amines) is 1. The van der Waals surface area contributed by atoms with E-state index in [4.69, 9.17) is 0 Å². The first-order valence-corrected chi connectivity index (χ1v) is 11.8. The number of rotatable bonds is 6. The number of piperazine rings is 1. The van der Waals surface area contributed by atoms with Crippen LogP contribution in [-0.2, 0) is 16.1 Å². The van der Waals surface area contributed by atoms with Crippen molar-refractivity contribution in [1.29, 1.82) is 0 Å². The third kappa shape index (κ3) is 6.20. The molecule has 0 bridgehead atoms. The van der Waals surface area contributed by atoms with Gasteiger partial charge in [-0.3, -0.25) is 9.59 Å². The highest BCUT2D eigenvalue weighted by molar-refractivity contribution is 5.92. The Balaban J connectivity index is 1.25. The Hall–Kier alpha value is -3.19. The molecule has 0 saturated carbocycles. The first-order valence-electron chi connectivity index (χ1n) is 11.8. The molecule has 0 radical (unpaired) electrons. The molecule has 2 aliphatic rings. The van der Waals surface area contributed by atoms with Crippen LogP contribution in [0.25, 0.3) is 6.08 Å². The highest BCUT2D eigenvalue weighted by Gasteiger charge is 2.27. The van der Waals surface area contributed by atoms with Gasteiger partial charge in [0, 0.05) is 69.6 Å². The Kier molecular flexibility index (Phi) is 7.73. The minimum Gasteiger partial charge on any atom is -0.354 e. The van der Waals surface area contributed by atoms with Crippen LogP contribution in [0.4, 0.5) is 5.82 Å². The summed E-state index contributed by atoms with van der Waals surface area (Å²) in [6.45, 7) is 5.61. The summed E-state index contributed by atoms with van der Waals surface area (Å²) < 4.78 is 0. The number of anilines is 1. The van der Waals surface area contributed by atoms with Gasteiger partial charge in [0.15, 0.2) is 0 Å². The second-order valence-electron chi connectivity index (χ2n) is 8.84. The van der Waals surface area contributed by atoms with Crippen molar-refractivity contribution in [3.05, 3.63) is 65.9 Å². The number of likely N-dealkylation sites (N-methyl/N-ethyl adjacent to an activating group) is 1. The van der Waals surface area contributed by atoms with Gasteiger partial charge in [-0.1, -0.05) is 36.4 Å². The average Bonchev–Trinajstić information content (AvgIpc) is 2.87. The number of aromatic nitrogens is 1. The number of nitrogens with one attached hydrogen (secondary N) is 1. The molecule has 7 nitrogen and oxygen atoms in total. The van der Waals surface area contributed by atoms with Gasteiger partial charge in [-0.05, 0) is 37.6 Å². The lowest BCUT2D eigenvalue weighted by atomic mass is 9.95. The first-order chi connectivity index (χ1) is 16.1. The maximum Gasteiger partial charge on any atom is 0.246 e. The van der Waals surface area contributed by atoms with E-state index in [0.717, 1.165) is 43.1 Å². The highest BCUT2D eigenvalue weighted by Crippen LogP contribution is 2.21. The predicted octanol–water partition coefficient (Wildman–Crippen LogP) is 2.40. The molecule has 3 heterocycles. The third-order valence-electron chi connectivity index (χ3n) is 6.52. The van der Waals surface area contributed by atoms with Gasteiger partial charge in [0.1, 0.15) is 5.82 Å². The maximum atomic E-state index is 12.8. The molecule has 0 atom stereocenters. The van der Waals surface area contributed by atoms with E-state index in [1.54, 1.807) is 6.08 Å². The second kappa shape index (κ2) is 11.1. The van der Waals surface area contributed by atoms with Gasteiger partial charge in [-0.2, -0.15) is 0 Å². The monoisotopic (exact) mass is 447 g/mol. The number of carbonyl (C=O) groups excluding carboxylic acids is 2. The van der Waals surface area contributed by atoms with Crippen LogP contribution in [0.3, 0.4) is 0 Å². The average molecular weight is 448 g/mol. The summed E-state index contributed by atoms with van der Waals surface area (Å²) in [5, 5.41) is 3.11. The SMILES string of the molecule is CN1CCN(c2ncccc2CNC(=O)C2CCN(C(=O)/C=C/c3ccccc3)CC2)CC1. The summed E-state index contributed by atoms with van der Waals surface area (Å²) in [5.74, 6) is 0.979. The van der Waals surface area contributed by atoms with Crippen LogP contribution in [0.2, 0.25) is 0 Å². The van der Waals surface area contributed by atoms with E-state index in [0.29, 0.717) is 32.5 Å². The Morgan fingerprint density at radius 1 is 1.00 bits per heavy atom. The molecule has 1 aromatic heterocycles. The van der Waals surface area contributed by atoms with Crippen LogP contribution in [0.15, 0.2) is 54.7 Å². The van der Waals surface area contributed by atoms with Crippen molar-refractivity contribution in [3.63, 3.8) is 0 Å². The summed E-state index contributed by atoms with van der Waals surface area (Å²) in [6.07, 6.45) is 6.66. The van der Waals surface area contributed by atoms with Gasteiger partial charge < -0.3 is 20.0 Å². The molecular weight excluding hydrogens is 414 g/mol. The lowest BCUT2D eigenvalue weighted by molar-refractivity contribution is -0.132. The molecule has 2 saturated heterocycles. The van der Waals surface area contributed by atoms with E-state index in [2.05, 4.69) is 27.1 Å². The van der Waals surface area contributed by atoms with Gasteiger partial charge >= 0.3 is 0 Å². The fourth-order valence-corrected chi connectivity index (χ4v) is 4.40. The van der Waals surface area contributed by atoms with Crippen LogP contribution < -0.4 is 10.2 Å². The lowest BCUT2D eigenvalue weighted by Crippen LogP contribution is -2.45. The fourth-order valence-electron chi connectivity index (χ4n) is 4.40. The summed E-state index contributed by atoms with van der Waals surface area (Å²) in [6, 6.07) is 13.8. The van der Waals surface area contributed by atoms with E-state index in [-0.39, 0.29) is 17.7 Å². The molecule has 0 aliphatic carbocycles. The summed E-state index contributed by atoms with van der Waals surface area (Å²) in [7, 11) is 2.13. The van der Waals surface area contributed by atoms with Crippen molar-refractivity contribution in [1.82, 2.24) is 20.1 Å². The number of hydrogen-bond donors (Lipinski definition) is 1. The number of nitrogens with zero attached hydrogens (tertiary/aromatic N) is 4. The standard InChI is InChI=1S/C26H33N5O2/c1-29-16-18-31(19-17-29)25-23(8-5-13-27-25)20-28-26(33)22-11-14-30(15-12-22)24(32)10-9-21-6-3-2-4-7-21/h2-10,13,22H,11-12,14-20H2,1H3,(H,28,33)/b10-9+. The zero-order valence-electron chi connectivity index (χ0n) is 19.3. The van der Waals surface area contributed by atoms with Crippen molar-refractivity contribution >= 4 is 23.7 Å². The fraction of sp³-hybridized carbons (Fsp3) is 0.423. The van der Waals surface area contributed by atoms with Crippen molar-refractivity contribution in [2.75, 3.05) is 51.2 Å². The largest absolute Gasteiger partial charge is 0.354 e. The van der Waals surface area contributed by atoms with Gasteiger partial charge in [-0.15, -0.1) is 0 Å². The number of pyridine rings is 1. The Morgan fingerprint density at radius 2 is 1.73 bits per heavy atom. The quantitative estimate of drug-likeness (QED) is 0.689. The Bertz CT molecular complexity index is 962. The molecule has 33 heavy (non-hydrogen) atoms. The molecule has 0 unspecified atom stereocenters. The topological polar surface area (TPSA) is 68.8 Å². The molecule has 4 rings (SSSR count). The lowest BCUT2D eigenvalue weighted by Gasteiger charge is -2.34. The molecule has 2 aliphatic heterocycles. The van der Waals surface area contributed by atoms with E-state index in [9.17, 15) is 9.59 Å². The van der Waals surface area contributed by atoms with E-state index in [1.807, 2.05) is 59.6 Å². The number of amides is 2. The normalized spacial score (nSPS) is 18.0. The molecule has 7 heteroatoms. The molecule has 2 aromatic rings. The van der Waals surface area contributed by atoms with E-state index in [1.165, 1.54) is 0 Å². The van der Waals surface area contributed by atoms with Gasteiger partial charge in [0.05, 0.1) is 0 Å². The zero-order valence-corrected chi connectivity index (χ0v) is 19.3. The molecule has 2 fully saturated rings. The molecule has 1 aromatic carbocycles. The smallest absolute Gasteiger partial charge is 0.246 e. The molecule has 174 valence electrons. The van der Waals surface area contributed by atoms with E-state index >= 15 is 0 Å². The maximum absolute atomic E-state index is 12.8. The van der Waals surface area contributed by atoms with Crippen LogP contribution >= 0.6 is 0 Å². The van der Waals surface area contributed by atoms with Crippen molar-refractivity contribution in [2.45, 2.75) is 19.4 Å². The Morgan fingerprint density at radius 3 is 2.45 bits per heavy atom. The summed E-state index contributed by atoms with van der Waals surface area (Å²) >= 11 is 0. The Labute approximate surface area is 196 Å². The van der Waals surface area contributed by atoms with Crippen LogP contribution in [0, 0.1) is 5.92 Å². The van der Waals surface area contributed by atoms with Gasteiger partial charge in [0.25, 0.3) is 0 Å². The van der Waals surface area contributed by atoms with Crippen molar-refractivity contribution in [2.24, 2.45) is 5.92 Å². The molecule has 2 amide bonds. The first kappa shape index (κ1) is 23.0. The molecule has 1 N–H and O–H groups in total. The minimum atomic E-state index is -0.0593.